The number of anilines is 1. The molecule has 2 N–H and O–H groups in total. The van der Waals surface area contributed by atoms with E-state index in [-0.39, 0.29) is 11.8 Å². The number of fused-ring (bicyclic) bond motifs is 1. The Morgan fingerprint density at radius 3 is 2.91 bits per heavy atom. The summed E-state index contributed by atoms with van der Waals surface area (Å²) in [5, 5.41) is 10.0. The first-order valence-electron chi connectivity index (χ1n) is 7.29. The summed E-state index contributed by atoms with van der Waals surface area (Å²) in [6.07, 6.45) is 3.45. The molecule has 114 valence electrons. The van der Waals surface area contributed by atoms with Crippen LogP contribution in [0, 0.1) is 0 Å². The van der Waals surface area contributed by atoms with Crippen LogP contribution < -0.4 is 5.32 Å². The summed E-state index contributed by atoms with van der Waals surface area (Å²) in [5.74, 6) is 1.16. The summed E-state index contributed by atoms with van der Waals surface area (Å²) in [7, 11) is 0. The summed E-state index contributed by atoms with van der Waals surface area (Å²) >= 11 is 1.72. The number of amides is 1. The SMILES string of the molecule is O=C(Nc1cc(-c2ccncc2)[nH]n1)[C@@H]1CSc2ccccc21. The topological polar surface area (TPSA) is 70.7 Å². The number of rotatable bonds is 3. The zero-order chi connectivity index (χ0) is 15.6. The fourth-order valence-corrected chi connectivity index (χ4v) is 3.89. The molecule has 0 bridgehead atoms. The van der Waals surface area contributed by atoms with Crippen LogP contribution in [0.5, 0.6) is 0 Å². The van der Waals surface area contributed by atoms with Crippen molar-refractivity contribution in [2.45, 2.75) is 10.8 Å². The van der Waals surface area contributed by atoms with Crippen molar-refractivity contribution in [3.05, 3.63) is 60.4 Å². The molecule has 5 nitrogen and oxygen atoms in total. The van der Waals surface area contributed by atoms with Crippen molar-refractivity contribution >= 4 is 23.5 Å². The third-order valence-corrected chi connectivity index (χ3v) is 5.02. The number of aromatic nitrogens is 3. The number of hydrogen-bond acceptors (Lipinski definition) is 4. The second-order valence-electron chi connectivity index (χ2n) is 5.29. The maximum atomic E-state index is 12.5. The van der Waals surface area contributed by atoms with Gasteiger partial charge in [0.05, 0.1) is 11.6 Å². The van der Waals surface area contributed by atoms with Gasteiger partial charge in [-0.25, -0.2) is 0 Å². The largest absolute Gasteiger partial charge is 0.309 e. The van der Waals surface area contributed by atoms with Crippen molar-refractivity contribution in [2.75, 3.05) is 11.1 Å². The lowest BCUT2D eigenvalue weighted by Crippen LogP contribution is -2.21. The molecule has 1 aliphatic heterocycles. The molecule has 0 aliphatic carbocycles. The highest BCUT2D eigenvalue weighted by molar-refractivity contribution is 7.99. The summed E-state index contributed by atoms with van der Waals surface area (Å²) in [6.45, 7) is 0. The lowest BCUT2D eigenvalue weighted by atomic mass is 10.0. The molecule has 1 aromatic carbocycles. The Hall–Kier alpha value is -2.60. The Labute approximate surface area is 137 Å². The molecule has 0 fully saturated rings. The molecule has 23 heavy (non-hydrogen) atoms. The fourth-order valence-electron chi connectivity index (χ4n) is 2.66. The minimum atomic E-state index is -0.128. The van der Waals surface area contributed by atoms with E-state index in [9.17, 15) is 4.79 Å². The zero-order valence-electron chi connectivity index (χ0n) is 12.2. The number of H-pyrrole nitrogens is 1. The lowest BCUT2D eigenvalue weighted by Gasteiger charge is -2.09. The predicted octanol–water partition coefficient (Wildman–Crippen LogP) is 3.30. The van der Waals surface area contributed by atoms with Crippen LogP contribution in [-0.4, -0.2) is 26.8 Å². The normalized spacial score (nSPS) is 16.1. The molecular formula is C17H14N4OS. The molecule has 4 rings (SSSR count). The van der Waals surface area contributed by atoms with Gasteiger partial charge in [0.2, 0.25) is 5.91 Å². The van der Waals surface area contributed by atoms with Crippen LogP contribution in [0.3, 0.4) is 0 Å². The van der Waals surface area contributed by atoms with Gasteiger partial charge in [0.1, 0.15) is 0 Å². The Morgan fingerprint density at radius 2 is 2.04 bits per heavy atom. The van der Waals surface area contributed by atoms with E-state index in [1.54, 1.807) is 24.2 Å². The van der Waals surface area contributed by atoms with Crippen LogP contribution >= 0.6 is 11.8 Å². The predicted molar refractivity (Wildman–Crippen MR) is 90.4 cm³/mol. The van der Waals surface area contributed by atoms with Crippen molar-refractivity contribution in [3.63, 3.8) is 0 Å². The third-order valence-electron chi connectivity index (χ3n) is 3.84. The Kier molecular flexibility index (Phi) is 3.59. The van der Waals surface area contributed by atoms with Gasteiger partial charge in [-0.3, -0.25) is 14.9 Å². The molecule has 0 spiro atoms. The molecule has 3 aromatic rings. The Balaban J connectivity index is 1.51. The second kappa shape index (κ2) is 5.89. The maximum Gasteiger partial charge on any atom is 0.234 e. The van der Waals surface area contributed by atoms with Crippen molar-refractivity contribution in [3.8, 4) is 11.3 Å². The molecule has 6 heteroatoms. The Morgan fingerprint density at radius 1 is 1.22 bits per heavy atom. The summed E-state index contributed by atoms with van der Waals surface area (Å²) in [4.78, 5) is 17.7. The number of pyridine rings is 1. The van der Waals surface area contributed by atoms with Gasteiger partial charge in [-0.1, -0.05) is 18.2 Å². The van der Waals surface area contributed by atoms with Crippen molar-refractivity contribution in [2.24, 2.45) is 0 Å². The van der Waals surface area contributed by atoms with Gasteiger partial charge >= 0.3 is 0 Å². The number of nitrogens with zero attached hydrogens (tertiary/aromatic N) is 2. The average Bonchev–Trinajstić information content (AvgIpc) is 3.22. The van der Waals surface area contributed by atoms with E-state index in [1.807, 2.05) is 36.4 Å². The van der Waals surface area contributed by atoms with Crippen LogP contribution in [0.25, 0.3) is 11.3 Å². The van der Waals surface area contributed by atoms with E-state index in [1.165, 1.54) is 4.90 Å². The third kappa shape index (κ3) is 2.73. The quantitative estimate of drug-likeness (QED) is 0.776. The molecule has 0 radical (unpaired) electrons. The van der Waals surface area contributed by atoms with Crippen molar-refractivity contribution < 1.29 is 4.79 Å². The molecule has 2 aromatic heterocycles. The van der Waals surface area contributed by atoms with Crippen molar-refractivity contribution in [1.82, 2.24) is 15.2 Å². The highest BCUT2D eigenvalue weighted by Crippen LogP contribution is 2.39. The minimum Gasteiger partial charge on any atom is -0.309 e. The average molecular weight is 322 g/mol. The standard InChI is InChI=1S/C17H14N4OS/c22-17(13-10-23-15-4-2-1-3-12(13)15)19-16-9-14(20-21-16)11-5-7-18-8-6-11/h1-9,13H,10H2,(H2,19,20,21,22)/t13-/m1/s1. The van der Waals surface area contributed by atoms with E-state index < -0.39 is 0 Å². The van der Waals surface area contributed by atoms with Crippen LogP contribution in [0.15, 0.2) is 59.8 Å². The van der Waals surface area contributed by atoms with Gasteiger partial charge < -0.3 is 5.32 Å². The lowest BCUT2D eigenvalue weighted by molar-refractivity contribution is -0.117. The van der Waals surface area contributed by atoms with Crippen LogP contribution in [0.4, 0.5) is 5.82 Å². The smallest absolute Gasteiger partial charge is 0.234 e. The number of hydrogen-bond donors (Lipinski definition) is 2. The molecule has 0 unspecified atom stereocenters. The zero-order valence-corrected chi connectivity index (χ0v) is 13.0. The van der Waals surface area contributed by atoms with Gasteiger partial charge in [0, 0.05) is 34.7 Å². The van der Waals surface area contributed by atoms with E-state index in [0.717, 1.165) is 22.6 Å². The number of carbonyl (C=O) groups excluding carboxylic acids is 1. The van der Waals surface area contributed by atoms with Crippen LogP contribution in [0.2, 0.25) is 0 Å². The summed E-state index contributed by atoms with van der Waals surface area (Å²) in [5.41, 5.74) is 2.93. The van der Waals surface area contributed by atoms with E-state index in [0.29, 0.717) is 5.82 Å². The molecular weight excluding hydrogens is 308 g/mol. The summed E-state index contributed by atoms with van der Waals surface area (Å²) in [6, 6.07) is 13.7. The van der Waals surface area contributed by atoms with Gasteiger partial charge in [-0.2, -0.15) is 5.10 Å². The van der Waals surface area contributed by atoms with Crippen LogP contribution in [0.1, 0.15) is 11.5 Å². The molecule has 1 amide bonds. The van der Waals surface area contributed by atoms with E-state index in [4.69, 9.17) is 0 Å². The second-order valence-corrected chi connectivity index (χ2v) is 6.36. The van der Waals surface area contributed by atoms with Crippen LogP contribution in [-0.2, 0) is 4.79 Å². The molecule has 0 saturated heterocycles. The first-order chi connectivity index (χ1) is 11.3. The van der Waals surface area contributed by atoms with Gasteiger partial charge in [0.25, 0.3) is 0 Å². The number of thioether (sulfide) groups is 1. The van der Waals surface area contributed by atoms with Crippen molar-refractivity contribution in [1.29, 1.82) is 0 Å². The van der Waals surface area contributed by atoms with E-state index in [2.05, 4.69) is 26.6 Å². The number of aromatic amines is 1. The van der Waals surface area contributed by atoms with Gasteiger partial charge in [-0.05, 0) is 23.8 Å². The first kappa shape index (κ1) is 14.0. The molecule has 1 atom stereocenters. The highest BCUT2D eigenvalue weighted by atomic mass is 32.2. The number of benzene rings is 1. The van der Waals surface area contributed by atoms with Gasteiger partial charge in [0.15, 0.2) is 5.82 Å². The minimum absolute atomic E-state index is 0.0183. The molecule has 1 aliphatic rings. The highest BCUT2D eigenvalue weighted by Gasteiger charge is 2.29. The number of carbonyl (C=O) groups is 1. The maximum absolute atomic E-state index is 12.5. The monoisotopic (exact) mass is 322 g/mol. The summed E-state index contributed by atoms with van der Waals surface area (Å²) < 4.78 is 0. The first-order valence-corrected chi connectivity index (χ1v) is 8.28. The Bertz CT molecular complexity index is 847. The molecule has 3 heterocycles. The van der Waals surface area contributed by atoms with E-state index >= 15 is 0 Å². The molecule has 0 saturated carbocycles. The fraction of sp³-hybridized carbons (Fsp3) is 0.118. The number of nitrogens with one attached hydrogen (secondary N) is 2. The van der Waals surface area contributed by atoms with Gasteiger partial charge in [-0.15, -0.1) is 11.8 Å².